The summed E-state index contributed by atoms with van der Waals surface area (Å²) in [6.45, 7) is 1.49. The van der Waals surface area contributed by atoms with E-state index in [0.29, 0.717) is 6.54 Å². The molecule has 0 fully saturated rings. The Hall–Kier alpha value is -1.58. The zero-order valence-corrected chi connectivity index (χ0v) is 7.81. The fourth-order valence-corrected chi connectivity index (χ4v) is 1.75. The van der Waals surface area contributed by atoms with Gasteiger partial charge in [0.25, 0.3) is 0 Å². The molecule has 0 aliphatic carbocycles. The Morgan fingerprint density at radius 2 is 2.50 bits per heavy atom. The molecule has 0 spiro atoms. The van der Waals surface area contributed by atoms with Gasteiger partial charge in [0.1, 0.15) is 0 Å². The minimum Gasteiger partial charge on any atom is -0.481 e. The van der Waals surface area contributed by atoms with Crippen LogP contribution < -0.4 is 4.90 Å². The molecule has 1 aromatic rings. The summed E-state index contributed by atoms with van der Waals surface area (Å²) < 4.78 is 0. The number of aliphatic carboxylic acids is 1. The first-order chi connectivity index (χ1) is 6.77. The lowest BCUT2D eigenvalue weighted by Crippen LogP contribution is -2.23. The van der Waals surface area contributed by atoms with Crippen LogP contribution in [0.5, 0.6) is 0 Å². The van der Waals surface area contributed by atoms with Gasteiger partial charge in [0.2, 0.25) is 0 Å². The molecule has 0 atom stereocenters. The number of nitrogens with zero attached hydrogens (tertiary/aromatic N) is 2. The molecule has 0 saturated carbocycles. The smallest absolute Gasteiger partial charge is 0.305 e. The van der Waals surface area contributed by atoms with E-state index in [0.717, 1.165) is 18.7 Å². The minimum atomic E-state index is -0.748. The fourth-order valence-electron chi connectivity index (χ4n) is 1.75. The lowest BCUT2D eigenvalue weighted by molar-refractivity contribution is -0.136. The summed E-state index contributed by atoms with van der Waals surface area (Å²) in [4.78, 5) is 16.6. The fraction of sp³-hybridized carbons (Fsp3) is 0.400. The lowest BCUT2D eigenvalue weighted by atomic mass is 10.2. The van der Waals surface area contributed by atoms with Crippen molar-refractivity contribution < 1.29 is 9.90 Å². The van der Waals surface area contributed by atoms with Crippen LogP contribution in [-0.4, -0.2) is 29.1 Å². The van der Waals surface area contributed by atoms with Gasteiger partial charge >= 0.3 is 5.97 Å². The number of hydrogen-bond donors (Lipinski definition) is 1. The number of carbonyl (C=O) groups is 1. The summed E-state index contributed by atoms with van der Waals surface area (Å²) in [5, 5.41) is 8.58. The molecule has 0 aromatic carbocycles. The molecule has 14 heavy (non-hydrogen) atoms. The Kier molecular flexibility index (Phi) is 2.35. The number of rotatable bonds is 3. The number of fused-ring (bicyclic) bond motifs is 1. The second-order valence-corrected chi connectivity index (χ2v) is 3.39. The molecule has 0 unspecified atom stereocenters. The Morgan fingerprint density at radius 3 is 3.29 bits per heavy atom. The van der Waals surface area contributed by atoms with Gasteiger partial charge in [0.05, 0.1) is 18.3 Å². The largest absolute Gasteiger partial charge is 0.481 e. The first kappa shape index (κ1) is 8.99. The molecular weight excluding hydrogens is 180 g/mol. The molecule has 0 saturated heterocycles. The van der Waals surface area contributed by atoms with Crippen molar-refractivity contribution in [3.8, 4) is 0 Å². The third-order valence-corrected chi connectivity index (χ3v) is 2.47. The van der Waals surface area contributed by atoms with Crippen molar-refractivity contribution >= 4 is 11.7 Å². The molecule has 4 nitrogen and oxygen atoms in total. The van der Waals surface area contributed by atoms with Crippen LogP contribution in [0.3, 0.4) is 0 Å². The van der Waals surface area contributed by atoms with E-state index in [-0.39, 0.29) is 6.42 Å². The van der Waals surface area contributed by atoms with E-state index in [9.17, 15) is 4.79 Å². The van der Waals surface area contributed by atoms with E-state index in [1.54, 1.807) is 6.20 Å². The molecule has 74 valence electrons. The van der Waals surface area contributed by atoms with Crippen molar-refractivity contribution in [2.75, 3.05) is 18.0 Å². The monoisotopic (exact) mass is 192 g/mol. The van der Waals surface area contributed by atoms with Gasteiger partial charge < -0.3 is 10.0 Å². The van der Waals surface area contributed by atoms with E-state index in [1.807, 2.05) is 12.3 Å². The molecule has 0 bridgehead atoms. The maximum absolute atomic E-state index is 10.4. The van der Waals surface area contributed by atoms with Crippen LogP contribution >= 0.6 is 0 Å². The number of pyridine rings is 1. The minimum absolute atomic E-state index is 0.189. The molecule has 1 aliphatic heterocycles. The summed E-state index contributed by atoms with van der Waals surface area (Å²) in [5.74, 6) is -0.748. The van der Waals surface area contributed by atoms with Crippen LogP contribution in [0.2, 0.25) is 0 Å². The highest BCUT2D eigenvalue weighted by Crippen LogP contribution is 2.26. The van der Waals surface area contributed by atoms with Crippen molar-refractivity contribution in [3.05, 3.63) is 24.0 Å². The van der Waals surface area contributed by atoms with Gasteiger partial charge in [-0.3, -0.25) is 9.78 Å². The van der Waals surface area contributed by atoms with Crippen LogP contribution in [0.1, 0.15) is 12.0 Å². The quantitative estimate of drug-likeness (QED) is 0.773. The van der Waals surface area contributed by atoms with Crippen LogP contribution in [0, 0.1) is 0 Å². The number of carboxylic acid groups (broad SMARTS) is 1. The Morgan fingerprint density at radius 1 is 1.64 bits per heavy atom. The van der Waals surface area contributed by atoms with Gasteiger partial charge in [0.15, 0.2) is 0 Å². The predicted octanol–water partition coefficient (Wildman–Crippen LogP) is 0.919. The van der Waals surface area contributed by atoms with Crippen molar-refractivity contribution in [3.63, 3.8) is 0 Å². The third-order valence-electron chi connectivity index (χ3n) is 2.47. The Balaban J connectivity index is 2.07. The first-order valence-electron chi connectivity index (χ1n) is 4.67. The van der Waals surface area contributed by atoms with Crippen LogP contribution in [0.15, 0.2) is 18.5 Å². The highest BCUT2D eigenvalue weighted by atomic mass is 16.4. The van der Waals surface area contributed by atoms with Crippen molar-refractivity contribution in [2.45, 2.75) is 12.8 Å². The van der Waals surface area contributed by atoms with E-state index >= 15 is 0 Å². The molecule has 4 heteroatoms. The SMILES string of the molecule is O=C(O)CCN1CCc2ccncc21. The molecule has 0 amide bonds. The second kappa shape index (κ2) is 3.65. The van der Waals surface area contributed by atoms with Crippen molar-refractivity contribution in [2.24, 2.45) is 0 Å². The average Bonchev–Trinajstić information content (AvgIpc) is 2.58. The predicted molar refractivity (Wildman–Crippen MR) is 52.4 cm³/mol. The van der Waals surface area contributed by atoms with Crippen LogP contribution in [-0.2, 0) is 11.2 Å². The van der Waals surface area contributed by atoms with E-state index in [1.165, 1.54) is 5.56 Å². The summed E-state index contributed by atoms with van der Waals surface area (Å²) in [7, 11) is 0. The summed E-state index contributed by atoms with van der Waals surface area (Å²) >= 11 is 0. The zero-order chi connectivity index (χ0) is 9.97. The topological polar surface area (TPSA) is 53.4 Å². The van der Waals surface area contributed by atoms with Gasteiger partial charge in [0, 0.05) is 19.3 Å². The normalized spacial score (nSPS) is 14.1. The molecule has 2 heterocycles. The Labute approximate surface area is 82.2 Å². The maximum Gasteiger partial charge on any atom is 0.305 e. The summed E-state index contributed by atoms with van der Waals surface area (Å²) in [6.07, 6.45) is 4.77. The average molecular weight is 192 g/mol. The molecule has 1 aliphatic rings. The number of anilines is 1. The van der Waals surface area contributed by atoms with Gasteiger partial charge in [-0.05, 0) is 18.1 Å². The molecular formula is C10H12N2O2. The van der Waals surface area contributed by atoms with Crippen LogP contribution in [0.25, 0.3) is 0 Å². The van der Waals surface area contributed by atoms with Crippen molar-refractivity contribution in [1.82, 2.24) is 4.98 Å². The standard InChI is InChI=1S/C10H12N2O2/c13-10(14)3-6-12-5-2-8-1-4-11-7-9(8)12/h1,4,7H,2-3,5-6H2,(H,13,14). The Bertz CT molecular complexity index is 352. The first-order valence-corrected chi connectivity index (χ1v) is 4.67. The van der Waals surface area contributed by atoms with E-state index < -0.39 is 5.97 Å². The maximum atomic E-state index is 10.4. The molecule has 1 aromatic heterocycles. The summed E-state index contributed by atoms with van der Waals surface area (Å²) in [5.41, 5.74) is 2.36. The van der Waals surface area contributed by atoms with E-state index in [4.69, 9.17) is 5.11 Å². The molecule has 2 rings (SSSR count). The van der Waals surface area contributed by atoms with Gasteiger partial charge in [-0.2, -0.15) is 0 Å². The highest BCUT2D eigenvalue weighted by Gasteiger charge is 2.18. The van der Waals surface area contributed by atoms with Gasteiger partial charge in [-0.15, -0.1) is 0 Å². The van der Waals surface area contributed by atoms with Gasteiger partial charge in [-0.25, -0.2) is 0 Å². The number of aromatic nitrogens is 1. The zero-order valence-electron chi connectivity index (χ0n) is 7.81. The molecule has 0 radical (unpaired) electrons. The molecule has 1 N–H and O–H groups in total. The number of carboxylic acids is 1. The lowest BCUT2D eigenvalue weighted by Gasteiger charge is -2.17. The highest BCUT2D eigenvalue weighted by molar-refractivity contribution is 5.68. The van der Waals surface area contributed by atoms with Gasteiger partial charge in [-0.1, -0.05) is 0 Å². The van der Waals surface area contributed by atoms with Crippen molar-refractivity contribution in [1.29, 1.82) is 0 Å². The van der Waals surface area contributed by atoms with E-state index in [2.05, 4.69) is 9.88 Å². The number of hydrogen-bond acceptors (Lipinski definition) is 3. The second-order valence-electron chi connectivity index (χ2n) is 3.39. The van der Waals surface area contributed by atoms with Crippen LogP contribution in [0.4, 0.5) is 5.69 Å². The summed E-state index contributed by atoms with van der Waals surface area (Å²) in [6, 6.07) is 2.00. The third kappa shape index (κ3) is 1.69.